The number of carbonyl (C=O) groups excluding carboxylic acids is 5. The quantitative estimate of drug-likeness (QED) is 0.0829. The molecule has 0 spiro atoms. The number of amides is 5. The van der Waals surface area contributed by atoms with Crippen molar-refractivity contribution in [1.82, 2.24) is 26.6 Å². The lowest BCUT2D eigenvalue weighted by Crippen LogP contribution is -2.59. The van der Waals surface area contributed by atoms with Crippen LogP contribution in [-0.2, 0) is 28.8 Å². The Morgan fingerprint density at radius 2 is 1.38 bits per heavy atom. The van der Waals surface area contributed by atoms with Crippen molar-refractivity contribution in [3.8, 4) is 0 Å². The normalized spacial score (nSPS) is 15.5. The van der Waals surface area contributed by atoms with Crippen LogP contribution in [0.4, 0.5) is 0 Å². The third kappa shape index (κ3) is 14.6. The summed E-state index contributed by atoms with van der Waals surface area (Å²) < 4.78 is 0. The molecule has 242 valence electrons. The smallest absolute Gasteiger partial charge is 0.326 e. The van der Waals surface area contributed by atoms with E-state index < -0.39 is 72.3 Å². The van der Waals surface area contributed by atoms with Gasteiger partial charge in [-0.2, -0.15) is 0 Å². The SMILES string of the molecule is CC[C@H](C)[C@H](N)C(=O)N[C@@H](CC(C)C)C(=O)N[C@H](C(=O)N[C@@H](C)C(=O)NCC(=O)N[C@@H](CCCCN)C(=O)O)C(C)C. The lowest BCUT2D eigenvalue weighted by Gasteiger charge is -2.28. The van der Waals surface area contributed by atoms with Gasteiger partial charge in [0.25, 0.3) is 0 Å². The fourth-order valence-corrected chi connectivity index (χ4v) is 3.96. The molecule has 42 heavy (non-hydrogen) atoms. The van der Waals surface area contributed by atoms with Crippen LogP contribution in [0.25, 0.3) is 0 Å². The van der Waals surface area contributed by atoms with Gasteiger partial charge in [-0.3, -0.25) is 24.0 Å². The van der Waals surface area contributed by atoms with Gasteiger partial charge in [0.15, 0.2) is 0 Å². The largest absolute Gasteiger partial charge is 0.480 e. The van der Waals surface area contributed by atoms with E-state index in [0.717, 1.165) is 0 Å². The second-order valence-electron chi connectivity index (χ2n) is 11.5. The molecule has 10 N–H and O–H groups in total. The number of carboxylic acid groups (broad SMARTS) is 1. The molecular weight excluding hydrogens is 546 g/mol. The van der Waals surface area contributed by atoms with Crippen LogP contribution in [0.1, 0.15) is 80.6 Å². The molecule has 5 amide bonds. The summed E-state index contributed by atoms with van der Waals surface area (Å²) in [4.78, 5) is 75.0. The Labute approximate surface area is 249 Å². The maximum absolute atomic E-state index is 13.2. The van der Waals surface area contributed by atoms with E-state index in [9.17, 15) is 33.9 Å². The van der Waals surface area contributed by atoms with E-state index in [1.807, 2.05) is 27.7 Å². The van der Waals surface area contributed by atoms with Crippen LogP contribution in [-0.4, -0.2) is 83.9 Å². The van der Waals surface area contributed by atoms with E-state index in [-0.39, 0.29) is 24.2 Å². The van der Waals surface area contributed by atoms with E-state index in [4.69, 9.17) is 11.5 Å². The Bertz CT molecular complexity index is 913. The van der Waals surface area contributed by atoms with E-state index in [2.05, 4.69) is 26.6 Å². The number of rotatable bonds is 20. The van der Waals surface area contributed by atoms with Gasteiger partial charge in [-0.05, 0) is 56.9 Å². The number of carboxylic acids is 1. The summed E-state index contributed by atoms with van der Waals surface area (Å²) in [5, 5.41) is 21.9. The van der Waals surface area contributed by atoms with E-state index >= 15 is 0 Å². The molecule has 0 aliphatic carbocycles. The molecule has 0 aliphatic heterocycles. The molecule has 6 atom stereocenters. The average Bonchev–Trinajstić information content (AvgIpc) is 2.91. The lowest BCUT2D eigenvalue weighted by molar-refractivity contribution is -0.142. The summed E-state index contributed by atoms with van der Waals surface area (Å²) in [5.41, 5.74) is 11.4. The van der Waals surface area contributed by atoms with E-state index in [0.29, 0.717) is 32.2 Å². The first-order chi connectivity index (χ1) is 19.5. The summed E-state index contributed by atoms with van der Waals surface area (Å²) in [6.07, 6.45) is 2.36. The molecule has 14 heteroatoms. The highest BCUT2D eigenvalue weighted by molar-refractivity contribution is 5.95. The molecule has 0 heterocycles. The van der Waals surface area contributed by atoms with Crippen molar-refractivity contribution in [1.29, 1.82) is 0 Å². The zero-order valence-corrected chi connectivity index (χ0v) is 26.1. The van der Waals surface area contributed by atoms with Gasteiger partial charge in [0.05, 0.1) is 12.6 Å². The second-order valence-corrected chi connectivity index (χ2v) is 11.5. The van der Waals surface area contributed by atoms with Gasteiger partial charge in [-0.15, -0.1) is 0 Å². The first-order valence-electron chi connectivity index (χ1n) is 14.7. The molecule has 0 aromatic rings. The predicted molar refractivity (Wildman–Crippen MR) is 159 cm³/mol. The third-order valence-corrected chi connectivity index (χ3v) is 6.90. The van der Waals surface area contributed by atoms with Crippen molar-refractivity contribution < 1.29 is 33.9 Å². The maximum atomic E-state index is 13.2. The molecule has 0 aromatic heterocycles. The highest BCUT2D eigenvalue weighted by Crippen LogP contribution is 2.11. The van der Waals surface area contributed by atoms with Crippen molar-refractivity contribution in [3.63, 3.8) is 0 Å². The predicted octanol–water partition coefficient (Wildman–Crippen LogP) is -0.649. The second kappa shape index (κ2) is 19.8. The molecule has 0 saturated heterocycles. The lowest BCUT2D eigenvalue weighted by atomic mass is 9.97. The zero-order chi connectivity index (χ0) is 32.6. The monoisotopic (exact) mass is 599 g/mol. The fraction of sp³-hybridized carbons (Fsp3) is 0.786. The Kier molecular flexibility index (Phi) is 18.3. The molecule has 14 nitrogen and oxygen atoms in total. The van der Waals surface area contributed by atoms with Crippen molar-refractivity contribution in [2.75, 3.05) is 13.1 Å². The summed E-state index contributed by atoms with van der Waals surface area (Å²) in [7, 11) is 0. The van der Waals surface area contributed by atoms with Gasteiger partial charge in [-0.25, -0.2) is 4.79 Å². The van der Waals surface area contributed by atoms with Crippen LogP contribution >= 0.6 is 0 Å². The minimum Gasteiger partial charge on any atom is -0.480 e. The maximum Gasteiger partial charge on any atom is 0.326 e. The molecular formula is C28H53N7O7. The van der Waals surface area contributed by atoms with Crippen molar-refractivity contribution in [3.05, 3.63) is 0 Å². The number of hydrogen-bond acceptors (Lipinski definition) is 8. The molecule has 0 aromatic carbocycles. The number of nitrogens with one attached hydrogen (secondary N) is 5. The van der Waals surface area contributed by atoms with Crippen LogP contribution < -0.4 is 38.1 Å². The van der Waals surface area contributed by atoms with Crippen LogP contribution in [0.3, 0.4) is 0 Å². The topological polar surface area (TPSA) is 235 Å². The molecule has 0 fully saturated rings. The van der Waals surface area contributed by atoms with E-state index in [1.165, 1.54) is 6.92 Å². The van der Waals surface area contributed by atoms with Crippen LogP contribution in [0.15, 0.2) is 0 Å². The highest BCUT2D eigenvalue weighted by Gasteiger charge is 2.32. The number of unbranched alkanes of at least 4 members (excludes halogenated alkanes) is 1. The fourth-order valence-electron chi connectivity index (χ4n) is 3.96. The van der Waals surface area contributed by atoms with Gasteiger partial charge in [0.1, 0.15) is 24.2 Å². The van der Waals surface area contributed by atoms with Gasteiger partial charge in [0, 0.05) is 0 Å². The molecule has 0 bridgehead atoms. The highest BCUT2D eigenvalue weighted by atomic mass is 16.4. The van der Waals surface area contributed by atoms with Gasteiger partial charge >= 0.3 is 5.97 Å². The van der Waals surface area contributed by atoms with Crippen LogP contribution in [0.5, 0.6) is 0 Å². The Morgan fingerprint density at radius 3 is 1.88 bits per heavy atom. The van der Waals surface area contributed by atoms with Crippen molar-refractivity contribution in [2.45, 2.75) is 111 Å². The summed E-state index contributed by atoms with van der Waals surface area (Å²) in [5.74, 6) is -4.56. The zero-order valence-electron chi connectivity index (χ0n) is 26.1. The van der Waals surface area contributed by atoms with Crippen LogP contribution in [0.2, 0.25) is 0 Å². The minimum atomic E-state index is -1.19. The average molecular weight is 600 g/mol. The standard InChI is InChI=1S/C28H53N7O7/c1-8-17(6)22(30)26(39)34-20(13-15(2)3)25(38)35-23(16(4)5)27(40)32-18(7)24(37)31-14-21(36)33-19(28(41)42)11-9-10-12-29/h15-20,22-23H,8-14,29-30H2,1-7H3,(H,31,37)(H,32,40)(H,33,36)(H,34,39)(H,35,38)(H,41,42)/t17-,18-,19-,20-,22-,23-/m0/s1. The number of carbonyl (C=O) groups is 6. The Balaban J connectivity index is 5.21. The molecule has 0 radical (unpaired) electrons. The summed E-state index contributed by atoms with van der Waals surface area (Å²) in [6, 6.07) is -4.89. The Morgan fingerprint density at radius 1 is 0.762 bits per heavy atom. The van der Waals surface area contributed by atoms with Crippen molar-refractivity contribution >= 4 is 35.5 Å². The van der Waals surface area contributed by atoms with Gasteiger partial charge in [-0.1, -0.05) is 48.0 Å². The molecule has 0 saturated carbocycles. The number of aliphatic carboxylic acids is 1. The molecule has 0 unspecified atom stereocenters. The van der Waals surface area contributed by atoms with Gasteiger partial charge in [0.2, 0.25) is 29.5 Å². The molecule has 0 rings (SSSR count). The number of nitrogens with two attached hydrogens (primary N) is 2. The summed E-state index contributed by atoms with van der Waals surface area (Å²) >= 11 is 0. The number of hydrogen-bond donors (Lipinski definition) is 8. The van der Waals surface area contributed by atoms with Crippen molar-refractivity contribution in [2.24, 2.45) is 29.2 Å². The first-order valence-corrected chi connectivity index (χ1v) is 14.7. The van der Waals surface area contributed by atoms with Gasteiger partial charge < -0.3 is 43.2 Å². The Hall–Kier alpha value is -3.26. The van der Waals surface area contributed by atoms with E-state index in [1.54, 1.807) is 13.8 Å². The van der Waals surface area contributed by atoms with Crippen LogP contribution in [0, 0.1) is 17.8 Å². The first kappa shape index (κ1) is 38.7. The third-order valence-electron chi connectivity index (χ3n) is 6.90. The minimum absolute atomic E-state index is 0.0600. The summed E-state index contributed by atoms with van der Waals surface area (Å²) in [6.45, 7) is 12.3. The molecule has 0 aliphatic rings.